The fraction of sp³-hybridized carbons (Fsp3) is 0.417. The summed E-state index contributed by atoms with van der Waals surface area (Å²) in [5, 5.41) is 3.13. The van der Waals surface area contributed by atoms with Gasteiger partial charge in [0.2, 0.25) is 0 Å². The molecule has 1 aliphatic rings. The summed E-state index contributed by atoms with van der Waals surface area (Å²) >= 11 is 0. The molecule has 1 N–H and O–H groups in total. The predicted octanol–water partition coefficient (Wildman–Crippen LogP) is 1.02. The third kappa shape index (κ3) is 3.38. The number of carbonyl (C=O) groups excluding carboxylic acids is 1. The van der Waals surface area contributed by atoms with E-state index in [1.54, 1.807) is 12.1 Å². The van der Waals surface area contributed by atoms with Crippen LogP contribution < -0.4 is 5.32 Å². The number of carbonyl (C=O) groups is 1. The van der Waals surface area contributed by atoms with Crippen LogP contribution in [0.3, 0.4) is 0 Å². The molecule has 4 nitrogen and oxygen atoms in total. The van der Waals surface area contributed by atoms with E-state index in [9.17, 15) is 13.2 Å². The quantitative estimate of drug-likeness (QED) is 0.796. The number of rotatable bonds is 5. The van der Waals surface area contributed by atoms with Crippen LogP contribution in [0.15, 0.2) is 29.2 Å². The van der Waals surface area contributed by atoms with Gasteiger partial charge in [-0.05, 0) is 25.0 Å². The Kier molecular flexibility index (Phi) is 3.31. The van der Waals surface area contributed by atoms with Gasteiger partial charge in [-0.25, -0.2) is 8.42 Å². The first-order valence-corrected chi connectivity index (χ1v) is 7.42. The van der Waals surface area contributed by atoms with Gasteiger partial charge in [0.1, 0.15) is 0 Å². The third-order valence-electron chi connectivity index (χ3n) is 2.73. The molecule has 0 saturated heterocycles. The highest BCUT2D eigenvalue weighted by molar-refractivity contribution is 7.90. The number of ketones is 1. The first-order chi connectivity index (χ1) is 7.97. The van der Waals surface area contributed by atoms with Crippen LogP contribution in [0.2, 0.25) is 0 Å². The second kappa shape index (κ2) is 4.58. The van der Waals surface area contributed by atoms with Crippen molar-refractivity contribution < 1.29 is 13.2 Å². The van der Waals surface area contributed by atoms with Crippen molar-refractivity contribution >= 4 is 15.6 Å². The smallest absolute Gasteiger partial charge is 0.176 e. The summed E-state index contributed by atoms with van der Waals surface area (Å²) in [5.74, 6) is -0.00282. The van der Waals surface area contributed by atoms with Crippen LogP contribution in [-0.2, 0) is 9.84 Å². The Morgan fingerprint density at radius 3 is 2.35 bits per heavy atom. The third-order valence-corrected chi connectivity index (χ3v) is 3.86. The van der Waals surface area contributed by atoms with Crippen molar-refractivity contribution in [2.75, 3.05) is 12.8 Å². The van der Waals surface area contributed by atoms with Crippen LogP contribution in [0.25, 0.3) is 0 Å². The molecular weight excluding hydrogens is 238 g/mol. The highest BCUT2D eigenvalue weighted by atomic mass is 32.2. The Labute approximate surface area is 101 Å². The lowest BCUT2D eigenvalue weighted by atomic mass is 10.1. The lowest BCUT2D eigenvalue weighted by Crippen LogP contribution is -2.24. The zero-order valence-corrected chi connectivity index (χ0v) is 10.5. The zero-order valence-electron chi connectivity index (χ0n) is 9.64. The summed E-state index contributed by atoms with van der Waals surface area (Å²) in [6.07, 6.45) is 3.43. The van der Waals surface area contributed by atoms with E-state index in [2.05, 4.69) is 5.32 Å². The van der Waals surface area contributed by atoms with Crippen molar-refractivity contribution in [2.45, 2.75) is 23.8 Å². The summed E-state index contributed by atoms with van der Waals surface area (Å²) in [6.45, 7) is 0.322. The van der Waals surface area contributed by atoms with Gasteiger partial charge in [-0.1, -0.05) is 12.1 Å². The molecule has 0 unspecified atom stereocenters. The summed E-state index contributed by atoms with van der Waals surface area (Å²) in [7, 11) is -3.19. The van der Waals surface area contributed by atoms with Crippen molar-refractivity contribution in [1.29, 1.82) is 0 Å². The molecule has 1 fully saturated rings. The first-order valence-electron chi connectivity index (χ1n) is 5.53. The molecule has 0 radical (unpaired) electrons. The van der Waals surface area contributed by atoms with Crippen molar-refractivity contribution in [1.82, 2.24) is 5.32 Å². The van der Waals surface area contributed by atoms with E-state index in [0.29, 0.717) is 18.2 Å². The fourth-order valence-electron chi connectivity index (χ4n) is 1.51. The number of Topliss-reactive ketones (excluding diaryl/α,β-unsaturated/α-hetero) is 1. The molecule has 17 heavy (non-hydrogen) atoms. The van der Waals surface area contributed by atoms with E-state index in [0.717, 1.165) is 19.1 Å². The van der Waals surface area contributed by atoms with E-state index in [4.69, 9.17) is 0 Å². The van der Waals surface area contributed by atoms with Crippen LogP contribution in [0.1, 0.15) is 23.2 Å². The van der Waals surface area contributed by atoms with E-state index in [-0.39, 0.29) is 10.7 Å². The number of sulfone groups is 1. The van der Waals surface area contributed by atoms with Crippen molar-refractivity contribution in [3.8, 4) is 0 Å². The number of hydrogen-bond donors (Lipinski definition) is 1. The minimum Gasteiger partial charge on any atom is -0.307 e. The predicted molar refractivity (Wildman–Crippen MR) is 64.9 cm³/mol. The topological polar surface area (TPSA) is 63.2 Å². The maximum Gasteiger partial charge on any atom is 0.176 e. The van der Waals surface area contributed by atoms with Gasteiger partial charge in [0.15, 0.2) is 15.6 Å². The molecule has 92 valence electrons. The van der Waals surface area contributed by atoms with E-state index in [1.165, 1.54) is 12.1 Å². The number of benzene rings is 1. The Balaban J connectivity index is 2.03. The van der Waals surface area contributed by atoms with Crippen LogP contribution in [-0.4, -0.2) is 33.0 Å². The van der Waals surface area contributed by atoms with Crippen LogP contribution in [0.4, 0.5) is 0 Å². The molecule has 0 spiro atoms. The summed E-state index contributed by atoms with van der Waals surface area (Å²) in [4.78, 5) is 12.0. The van der Waals surface area contributed by atoms with Gasteiger partial charge in [0.05, 0.1) is 11.4 Å². The number of hydrogen-bond acceptors (Lipinski definition) is 4. The molecule has 2 rings (SSSR count). The Bertz CT molecular complexity index is 515. The maximum atomic E-state index is 11.7. The molecule has 1 aromatic carbocycles. The zero-order chi connectivity index (χ0) is 12.5. The lowest BCUT2D eigenvalue weighted by molar-refractivity contribution is 0.0990. The standard InChI is InChI=1S/C12H15NO3S/c1-17(15,16)11-6-2-9(3-7-11)12(14)8-13-10-4-5-10/h2-3,6-7,10,13H,4-5,8H2,1H3. The van der Waals surface area contributed by atoms with Gasteiger partial charge in [-0.3, -0.25) is 4.79 Å². The van der Waals surface area contributed by atoms with Crippen molar-refractivity contribution in [3.05, 3.63) is 29.8 Å². The van der Waals surface area contributed by atoms with Gasteiger partial charge in [-0.15, -0.1) is 0 Å². The molecule has 1 aliphatic carbocycles. The van der Waals surface area contributed by atoms with Crippen LogP contribution >= 0.6 is 0 Å². The summed E-state index contributed by atoms with van der Waals surface area (Å²) in [5.41, 5.74) is 0.547. The lowest BCUT2D eigenvalue weighted by Gasteiger charge is -2.03. The molecule has 0 bridgehead atoms. The highest BCUT2D eigenvalue weighted by Gasteiger charge is 2.21. The monoisotopic (exact) mass is 253 g/mol. The molecule has 0 aromatic heterocycles. The molecule has 1 saturated carbocycles. The molecule has 1 aromatic rings. The maximum absolute atomic E-state index is 11.7. The molecule has 0 amide bonds. The first kappa shape index (κ1) is 12.3. The minimum absolute atomic E-state index is 0.00282. The molecule has 0 atom stereocenters. The van der Waals surface area contributed by atoms with Crippen molar-refractivity contribution in [3.63, 3.8) is 0 Å². The van der Waals surface area contributed by atoms with Gasteiger partial charge in [0, 0.05) is 17.9 Å². The van der Waals surface area contributed by atoms with Gasteiger partial charge >= 0.3 is 0 Å². The molecule has 0 aliphatic heterocycles. The minimum atomic E-state index is -3.19. The second-order valence-corrected chi connectivity index (χ2v) is 6.39. The van der Waals surface area contributed by atoms with Gasteiger partial charge in [0.25, 0.3) is 0 Å². The largest absolute Gasteiger partial charge is 0.307 e. The van der Waals surface area contributed by atoms with Crippen LogP contribution in [0.5, 0.6) is 0 Å². The Morgan fingerprint density at radius 2 is 1.88 bits per heavy atom. The van der Waals surface area contributed by atoms with E-state index >= 15 is 0 Å². The summed E-state index contributed by atoms with van der Waals surface area (Å²) < 4.78 is 22.5. The van der Waals surface area contributed by atoms with E-state index in [1.807, 2.05) is 0 Å². The fourth-order valence-corrected chi connectivity index (χ4v) is 2.15. The second-order valence-electron chi connectivity index (χ2n) is 4.37. The number of nitrogens with one attached hydrogen (secondary N) is 1. The van der Waals surface area contributed by atoms with Crippen LogP contribution in [0, 0.1) is 0 Å². The van der Waals surface area contributed by atoms with Gasteiger partial charge < -0.3 is 5.32 Å². The molecule has 5 heteroatoms. The Hall–Kier alpha value is -1.20. The molecule has 0 heterocycles. The average Bonchev–Trinajstić information content (AvgIpc) is 3.09. The van der Waals surface area contributed by atoms with Crippen molar-refractivity contribution in [2.24, 2.45) is 0 Å². The normalized spacial score (nSPS) is 15.8. The van der Waals surface area contributed by atoms with Gasteiger partial charge in [-0.2, -0.15) is 0 Å². The SMILES string of the molecule is CS(=O)(=O)c1ccc(C(=O)CNC2CC2)cc1. The average molecular weight is 253 g/mol. The van der Waals surface area contributed by atoms with E-state index < -0.39 is 9.84 Å². The summed E-state index contributed by atoms with van der Waals surface area (Å²) in [6, 6.07) is 6.56. The molecular formula is C12H15NO3S. The highest BCUT2D eigenvalue weighted by Crippen LogP contribution is 2.18. The Morgan fingerprint density at radius 1 is 1.29 bits per heavy atom.